The fourth-order valence-electron chi connectivity index (χ4n) is 5.75. The Morgan fingerprint density at radius 1 is 0.857 bits per heavy atom. The minimum Gasteiger partial charge on any atom is -0.299 e. The fraction of sp³-hybridized carbons (Fsp3) is 0.206. The lowest BCUT2D eigenvalue weighted by Crippen LogP contribution is -2.32. The summed E-state index contributed by atoms with van der Waals surface area (Å²) in [6.45, 7) is 3.08. The van der Waals surface area contributed by atoms with Crippen LogP contribution in [0.1, 0.15) is 30.0 Å². The van der Waals surface area contributed by atoms with Crippen LogP contribution in [0.2, 0.25) is 0 Å². The van der Waals surface area contributed by atoms with Crippen LogP contribution in [0.15, 0.2) is 103 Å². The fourth-order valence-corrected chi connectivity index (χ4v) is 6.08. The number of rotatable bonds is 7. The molecule has 4 aromatic heterocycles. The van der Waals surface area contributed by atoms with Gasteiger partial charge in [0.15, 0.2) is 10.8 Å². The van der Waals surface area contributed by atoms with Gasteiger partial charge in [-0.05, 0) is 67.6 Å². The van der Waals surface area contributed by atoms with E-state index in [1.54, 1.807) is 0 Å². The molecule has 0 atom stereocenters. The number of fused-ring (bicyclic) bond motifs is 1. The normalized spacial score (nSPS) is 14.4. The average Bonchev–Trinajstić information content (AvgIpc) is 3.56. The summed E-state index contributed by atoms with van der Waals surface area (Å²) in [6, 6.07) is 27.7. The maximum absolute atomic E-state index is 5.05. The van der Waals surface area contributed by atoms with Gasteiger partial charge in [-0.2, -0.15) is 5.10 Å². The Morgan fingerprint density at radius 2 is 1.64 bits per heavy atom. The van der Waals surface area contributed by atoms with Crippen LogP contribution in [-0.2, 0) is 6.54 Å². The minimum atomic E-state index is 0.512. The van der Waals surface area contributed by atoms with Crippen LogP contribution in [0.3, 0.4) is 0 Å². The Hall–Kier alpha value is -4.40. The SMILES string of the molecule is CSc1ncc2cc(-c3ccccc3)c(-c3ccc(CN4CCC(c5cc(-c6ccncc6)n[nH]5)CC4)cc3)nc2n1. The van der Waals surface area contributed by atoms with Crippen molar-refractivity contribution in [2.45, 2.75) is 30.5 Å². The number of nitrogens with one attached hydrogen (secondary N) is 1. The maximum Gasteiger partial charge on any atom is 0.189 e. The van der Waals surface area contributed by atoms with E-state index in [9.17, 15) is 0 Å². The van der Waals surface area contributed by atoms with Gasteiger partial charge in [-0.3, -0.25) is 15.0 Å². The molecular formula is C34H31N7S. The Balaban J connectivity index is 1.06. The van der Waals surface area contributed by atoms with Gasteiger partial charge in [0.1, 0.15) is 0 Å². The zero-order valence-electron chi connectivity index (χ0n) is 23.4. The van der Waals surface area contributed by atoms with Crippen molar-refractivity contribution in [2.24, 2.45) is 0 Å². The highest BCUT2D eigenvalue weighted by Gasteiger charge is 2.23. The third-order valence-corrected chi connectivity index (χ3v) is 8.61. The first kappa shape index (κ1) is 26.5. The lowest BCUT2D eigenvalue weighted by Gasteiger charge is -2.31. The Bertz CT molecular complexity index is 1800. The third kappa shape index (κ3) is 5.55. The molecule has 0 spiro atoms. The van der Waals surface area contributed by atoms with Gasteiger partial charge in [-0.25, -0.2) is 15.0 Å². The summed E-state index contributed by atoms with van der Waals surface area (Å²) < 4.78 is 0. The number of piperidine rings is 1. The first-order valence-electron chi connectivity index (χ1n) is 14.3. The van der Waals surface area contributed by atoms with Gasteiger partial charge >= 0.3 is 0 Å². The average molecular weight is 570 g/mol. The molecular weight excluding hydrogens is 538 g/mol. The van der Waals surface area contributed by atoms with E-state index < -0.39 is 0 Å². The standard InChI is InChI=1S/C34H31N7S/c1-42-34-36-21-28-19-29(24-5-3-2-4-6-24)32(37-33(28)38-34)27-9-7-23(8-10-27)22-41-17-13-26(14-18-41)31-20-30(39-40-31)25-11-15-35-16-12-25/h2-12,15-16,19-21,26H,13-14,17-18,22H2,1H3,(H,39,40). The molecule has 1 saturated heterocycles. The number of nitrogens with zero attached hydrogens (tertiary/aromatic N) is 6. The van der Waals surface area contributed by atoms with Crippen molar-refractivity contribution in [1.29, 1.82) is 0 Å². The molecule has 7 nitrogen and oxygen atoms in total. The molecule has 1 fully saturated rings. The molecule has 0 aliphatic carbocycles. The van der Waals surface area contributed by atoms with Crippen LogP contribution >= 0.6 is 11.8 Å². The zero-order valence-corrected chi connectivity index (χ0v) is 24.3. The number of aromatic amines is 1. The molecule has 1 N–H and O–H groups in total. The van der Waals surface area contributed by atoms with E-state index in [-0.39, 0.29) is 0 Å². The van der Waals surface area contributed by atoms with Gasteiger partial charge in [0.05, 0.1) is 11.4 Å². The molecule has 6 aromatic rings. The Morgan fingerprint density at radius 3 is 2.40 bits per heavy atom. The van der Waals surface area contributed by atoms with Crippen molar-refractivity contribution in [3.8, 4) is 33.6 Å². The molecule has 208 valence electrons. The molecule has 7 rings (SSSR count). The lowest BCUT2D eigenvalue weighted by atomic mass is 9.92. The summed E-state index contributed by atoms with van der Waals surface area (Å²) >= 11 is 1.53. The first-order valence-corrected chi connectivity index (χ1v) is 15.5. The van der Waals surface area contributed by atoms with E-state index in [1.165, 1.54) is 23.0 Å². The smallest absolute Gasteiger partial charge is 0.189 e. The van der Waals surface area contributed by atoms with Crippen LogP contribution in [0.5, 0.6) is 0 Å². The van der Waals surface area contributed by atoms with Gasteiger partial charge in [0.2, 0.25) is 0 Å². The predicted octanol–water partition coefficient (Wildman–Crippen LogP) is 7.25. The number of hydrogen-bond acceptors (Lipinski definition) is 7. The Kier molecular flexibility index (Phi) is 7.47. The van der Waals surface area contributed by atoms with Crippen molar-refractivity contribution in [3.05, 3.63) is 109 Å². The molecule has 8 heteroatoms. The van der Waals surface area contributed by atoms with E-state index in [1.807, 2.05) is 43.0 Å². The van der Waals surface area contributed by atoms with E-state index in [0.29, 0.717) is 5.92 Å². The summed E-state index contributed by atoms with van der Waals surface area (Å²) in [4.78, 5) is 20.9. The quantitative estimate of drug-likeness (QED) is 0.160. The van der Waals surface area contributed by atoms with Gasteiger partial charge in [0.25, 0.3) is 0 Å². The second-order valence-corrected chi connectivity index (χ2v) is 11.5. The van der Waals surface area contributed by atoms with Crippen molar-refractivity contribution in [2.75, 3.05) is 19.3 Å². The number of benzene rings is 2. The van der Waals surface area contributed by atoms with Gasteiger partial charge < -0.3 is 0 Å². The minimum absolute atomic E-state index is 0.512. The van der Waals surface area contributed by atoms with Crippen LogP contribution in [0, 0.1) is 0 Å². The van der Waals surface area contributed by atoms with Crippen molar-refractivity contribution >= 4 is 22.8 Å². The summed E-state index contributed by atoms with van der Waals surface area (Å²) in [5.74, 6) is 0.512. The highest BCUT2D eigenvalue weighted by molar-refractivity contribution is 7.98. The lowest BCUT2D eigenvalue weighted by molar-refractivity contribution is 0.203. The summed E-state index contributed by atoms with van der Waals surface area (Å²) in [5.41, 5.74) is 9.61. The van der Waals surface area contributed by atoms with E-state index >= 15 is 0 Å². The number of hydrogen-bond donors (Lipinski definition) is 1. The van der Waals surface area contributed by atoms with Crippen LogP contribution in [-0.4, -0.2) is 54.4 Å². The van der Waals surface area contributed by atoms with Gasteiger partial charge in [0, 0.05) is 58.8 Å². The van der Waals surface area contributed by atoms with Crippen molar-refractivity contribution in [1.82, 2.24) is 35.0 Å². The van der Waals surface area contributed by atoms with Crippen molar-refractivity contribution < 1.29 is 0 Å². The highest BCUT2D eigenvalue weighted by atomic mass is 32.2. The Labute approximate surface area is 249 Å². The number of H-pyrrole nitrogens is 1. The van der Waals surface area contributed by atoms with Gasteiger partial charge in [-0.15, -0.1) is 0 Å². The molecule has 0 bridgehead atoms. The second-order valence-electron chi connectivity index (χ2n) is 10.7. The number of likely N-dealkylation sites (tertiary alicyclic amines) is 1. The van der Waals surface area contributed by atoms with Crippen LogP contribution in [0.25, 0.3) is 44.7 Å². The number of pyridine rings is 2. The molecule has 1 aliphatic rings. The number of thioether (sulfide) groups is 1. The van der Waals surface area contributed by atoms with Gasteiger partial charge in [-0.1, -0.05) is 66.4 Å². The molecule has 0 radical (unpaired) electrons. The monoisotopic (exact) mass is 569 g/mol. The van der Waals surface area contributed by atoms with Crippen LogP contribution in [0.4, 0.5) is 0 Å². The summed E-state index contributed by atoms with van der Waals surface area (Å²) in [7, 11) is 0. The molecule has 42 heavy (non-hydrogen) atoms. The molecule has 0 unspecified atom stereocenters. The van der Waals surface area contributed by atoms with Crippen LogP contribution < -0.4 is 0 Å². The molecule has 0 saturated carbocycles. The molecule has 0 amide bonds. The van der Waals surface area contributed by atoms with E-state index in [2.05, 4.69) is 90.7 Å². The summed E-state index contributed by atoms with van der Waals surface area (Å²) in [6.07, 6.45) is 9.72. The maximum atomic E-state index is 5.05. The van der Waals surface area contributed by atoms with E-state index in [0.717, 1.165) is 82.3 Å². The zero-order chi connectivity index (χ0) is 28.3. The molecule has 5 heterocycles. The molecule has 2 aromatic carbocycles. The first-order chi connectivity index (χ1) is 20.7. The van der Waals surface area contributed by atoms with E-state index in [4.69, 9.17) is 4.98 Å². The second kappa shape index (κ2) is 11.8. The predicted molar refractivity (Wildman–Crippen MR) is 169 cm³/mol. The summed E-state index contributed by atoms with van der Waals surface area (Å²) in [5, 5.41) is 9.52. The molecule has 1 aliphatic heterocycles. The number of aromatic nitrogens is 6. The topological polar surface area (TPSA) is 83.5 Å². The third-order valence-electron chi connectivity index (χ3n) is 8.05. The largest absolute Gasteiger partial charge is 0.299 e. The van der Waals surface area contributed by atoms with Crippen molar-refractivity contribution in [3.63, 3.8) is 0 Å². The highest BCUT2D eigenvalue weighted by Crippen LogP contribution is 2.34.